The van der Waals surface area contributed by atoms with Gasteiger partial charge in [0.15, 0.2) is 0 Å². The molecule has 0 fully saturated rings. The van der Waals surface area contributed by atoms with E-state index in [0.29, 0.717) is 20.6 Å². The molecular weight excluding hydrogens is 459 g/mol. The molecule has 0 saturated heterocycles. The van der Waals surface area contributed by atoms with Gasteiger partial charge < -0.3 is 14.4 Å². The van der Waals surface area contributed by atoms with Crippen molar-refractivity contribution in [2.24, 2.45) is 7.05 Å². The van der Waals surface area contributed by atoms with E-state index in [2.05, 4.69) is 10.1 Å². The summed E-state index contributed by atoms with van der Waals surface area (Å²) < 4.78 is 18.6. The van der Waals surface area contributed by atoms with Gasteiger partial charge in [0, 0.05) is 28.9 Å². The van der Waals surface area contributed by atoms with E-state index in [1.54, 1.807) is 12.1 Å². The average Bonchev–Trinajstić information content (AvgIpc) is 3.08. The summed E-state index contributed by atoms with van der Waals surface area (Å²) in [5, 5.41) is 15.7. The van der Waals surface area contributed by atoms with Crippen LogP contribution in [0.15, 0.2) is 41.3 Å². The quantitative estimate of drug-likeness (QED) is 0.384. The van der Waals surface area contributed by atoms with Gasteiger partial charge in [-0.05, 0) is 49.2 Å². The van der Waals surface area contributed by atoms with Crippen molar-refractivity contribution in [1.29, 1.82) is 0 Å². The molecule has 2 unspecified atom stereocenters. The van der Waals surface area contributed by atoms with Crippen LogP contribution in [0.3, 0.4) is 0 Å². The van der Waals surface area contributed by atoms with E-state index < -0.39 is 23.0 Å². The second-order valence-electron chi connectivity index (χ2n) is 7.31. The fraction of sp³-hybridized carbons (Fsp3) is 0.318. The van der Waals surface area contributed by atoms with Crippen LogP contribution >= 0.6 is 23.2 Å². The van der Waals surface area contributed by atoms with Gasteiger partial charge in [0.2, 0.25) is 0 Å². The van der Waals surface area contributed by atoms with E-state index in [4.69, 9.17) is 23.2 Å². The minimum absolute atomic E-state index is 0.185. The number of carbonyl (C=O) groups is 1. The Balaban J connectivity index is 1.77. The third-order valence-corrected chi connectivity index (χ3v) is 7.53. The number of esters is 1. The maximum atomic E-state index is 12.2. The number of methoxy groups -OCH3 is 1. The highest BCUT2D eigenvalue weighted by molar-refractivity contribution is 7.85. The third-order valence-electron chi connectivity index (χ3n) is 5.25. The lowest BCUT2D eigenvalue weighted by Crippen LogP contribution is -2.26. The molecule has 2 aromatic carbocycles. The topological polar surface area (TPSA) is 80.6 Å². The molecule has 0 aliphatic heterocycles. The molecule has 0 amide bonds. The van der Waals surface area contributed by atoms with Crippen LogP contribution in [0.25, 0.3) is 10.9 Å². The molecule has 0 radical (unpaired) electrons. The van der Waals surface area contributed by atoms with Crippen LogP contribution in [0.5, 0.6) is 0 Å². The average molecular weight is 483 g/mol. The first-order valence-electron chi connectivity index (χ1n) is 9.57. The van der Waals surface area contributed by atoms with Gasteiger partial charge in [-0.3, -0.25) is 14.3 Å². The first kappa shape index (κ1) is 23.8. The number of ether oxygens (including phenoxy) is 1. The molecule has 2 N–H and O–H groups in total. The summed E-state index contributed by atoms with van der Waals surface area (Å²) in [7, 11) is 1.66. The molecule has 0 saturated carbocycles. The molecule has 3 aromatic rings. The van der Waals surface area contributed by atoms with Crippen molar-refractivity contribution in [2.75, 3.05) is 12.9 Å². The van der Waals surface area contributed by atoms with E-state index in [-0.39, 0.29) is 11.8 Å². The predicted molar refractivity (Wildman–Crippen MR) is 124 cm³/mol. The SMILES string of the molecule is COC(=O)CS(=O)c1ccc([C@@H](C)NC(O)c2cc3c(Cl)c(Cl)c(C)cc3n2C)cc1. The molecule has 3 rings (SSSR count). The van der Waals surface area contributed by atoms with Crippen LogP contribution in [-0.4, -0.2) is 32.7 Å². The van der Waals surface area contributed by atoms with Gasteiger partial charge in [-0.25, -0.2) is 0 Å². The van der Waals surface area contributed by atoms with Crippen molar-refractivity contribution < 1.29 is 18.8 Å². The van der Waals surface area contributed by atoms with Crippen molar-refractivity contribution in [2.45, 2.75) is 31.0 Å². The molecule has 0 aliphatic carbocycles. The first-order chi connectivity index (χ1) is 14.6. The Kier molecular flexibility index (Phi) is 7.44. The number of aliphatic hydroxyl groups excluding tert-OH is 1. The molecule has 3 atom stereocenters. The molecule has 9 heteroatoms. The van der Waals surface area contributed by atoms with Crippen molar-refractivity contribution in [1.82, 2.24) is 9.88 Å². The summed E-state index contributed by atoms with van der Waals surface area (Å²) in [5.74, 6) is -0.706. The number of nitrogens with zero attached hydrogens (tertiary/aromatic N) is 1. The predicted octanol–water partition coefficient (Wildman–Crippen LogP) is 4.42. The van der Waals surface area contributed by atoms with E-state index in [0.717, 1.165) is 22.0 Å². The van der Waals surface area contributed by atoms with Gasteiger partial charge in [0.05, 0.1) is 33.6 Å². The number of carbonyl (C=O) groups excluding carboxylic acids is 1. The zero-order valence-electron chi connectivity index (χ0n) is 17.6. The Labute approximate surface area is 193 Å². The summed E-state index contributed by atoms with van der Waals surface area (Å²) >= 11 is 12.7. The number of rotatable bonds is 7. The number of fused-ring (bicyclic) bond motifs is 1. The molecular formula is C22H24Cl2N2O4S. The van der Waals surface area contributed by atoms with Crippen LogP contribution in [0.4, 0.5) is 0 Å². The molecule has 166 valence electrons. The van der Waals surface area contributed by atoms with Gasteiger partial charge in [-0.2, -0.15) is 0 Å². The minimum atomic E-state index is -1.46. The number of hydrogen-bond donors (Lipinski definition) is 2. The molecule has 0 bridgehead atoms. The van der Waals surface area contributed by atoms with Gasteiger partial charge >= 0.3 is 5.97 Å². The number of aryl methyl sites for hydroxylation is 2. The van der Waals surface area contributed by atoms with E-state index in [9.17, 15) is 14.1 Å². The highest BCUT2D eigenvalue weighted by Crippen LogP contribution is 2.36. The first-order valence-corrected chi connectivity index (χ1v) is 11.6. The van der Waals surface area contributed by atoms with Crippen LogP contribution in [0.1, 0.15) is 36.0 Å². The molecule has 1 heterocycles. The second-order valence-corrected chi connectivity index (χ2v) is 9.52. The fourth-order valence-electron chi connectivity index (χ4n) is 3.39. The summed E-state index contributed by atoms with van der Waals surface area (Å²) in [5.41, 5.74) is 3.30. The van der Waals surface area contributed by atoms with Crippen molar-refractivity contribution in [3.63, 3.8) is 0 Å². The lowest BCUT2D eigenvalue weighted by Gasteiger charge is -2.20. The zero-order valence-corrected chi connectivity index (χ0v) is 19.9. The second kappa shape index (κ2) is 9.71. The molecule has 6 nitrogen and oxygen atoms in total. The Hall–Kier alpha value is -1.90. The molecule has 31 heavy (non-hydrogen) atoms. The van der Waals surface area contributed by atoms with Crippen molar-refractivity contribution in [3.05, 3.63) is 63.3 Å². The summed E-state index contributed by atoms with van der Waals surface area (Å²) in [6.07, 6.45) is -0.948. The van der Waals surface area contributed by atoms with E-state index >= 15 is 0 Å². The minimum Gasteiger partial charge on any atom is -0.468 e. The normalized spacial score (nSPS) is 14.4. The number of benzene rings is 2. The standard InChI is InChI=1S/C22H24Cl2N2O4S/c1-12-9-17-16(21(24)20(12)23)10-18(26(17)3)22(28)25-13(2)14-5-7-15(8-6-14)31(29)11-19(27)30-4/h5-10,13,22,25,28H,11H2,1-4H3/t13-,22?,31?/m1/s1. The largest absolute Gasteiger partial charge is 0.468 e. The smallest absolute Gasteiger partial charge is 0.318 e. The highest BCUT2D eigenvalue weighted by atomic mass is 35.5. The fourth-order valence-corrected chi connectivity index (χ4v) is 4.78. The summed E-state index contributed by atoms with van der Waals surface area (Å²) in [6.45, 7) is 3.80. The highest BCUT2D eigenvalue weighted by Gasteiger charge is 2.20. The maximum Gasteiger partial charge on any atom is 0.318 e. The van der Waals surface area contributed by atoms with E-state index in [1.807, 2.05) is 49.7 Å². The molecule has 1 aromatic heterocycles. The van der Waals surface area contributed by atoms with Gasteiger partial charge in [0.1, 0.15) is 12.0 Å². The summed E-state index contributed by atoms with van der Waals surface area (Å²) in [6, 6.07) is 10.6. The molecule has 0 spiro atoms. The molecule has 0 aliphatic rings. The Bertz CT molecular complexity index is 1140. The number of aliphatic hydroxyl groups is 1. The lowest BCUT2D eigenvalue weighted by atomic mass is 10.1. The Morgan fingerprint density at radius 2 is 1.87 bits per heavy atom. The van der Waals surface area contributed by atoms with Gasteiger partial charge in [-0.15, -0.1) is 0 Å². The van der Waals surface area contributed by atoms with Crippen LogP contribution < -0.4 is 5.32 Å². The number of aromatic nitrogens is 1. The zero-order chi connectivity index (χ0) is 22.9. The van der Waals surface area contributed by atoms with E-state index in [1.165, 1.54) is 7.11 Å². The van der Waals surface area contributed by atoms with Crippen molar-refractivity contribution in [3.8, 4) is 0 Å². The number of hydrogen-bond acceptors (Lipinski definition) is 5. The van der Waals surface area contributed by atoms with Crippen LogP contribution in [0, 0.1) is 6.92 Å². The Morgan fingerprint density at radius 3 is 2.48 bits per heavy atom. The van der Waals surface area contributed by atoms with Gasteiger partial charge in [-0.1, -0.05) is 35.3 Å². The van der Waals surface area contributed by atoms with Gasteiger partial charge in [0.25, 0.3) is 0 Å². The van der Waals surface area contributed by atoms with Crippen LogP contribution in [-0.2, 0) is 27.4 Å². The van der Waals surface area contributed by atoms with Crippen LogP contribution in [0.2, 0.25) is 10.0 Å². The third kappa shape index (κ3) is 4.96. The van der Waals surface area contributed by atoms with Crippen molar-refractivity contribution >= 4 is 50.9 Å². The number of nitrogens with one attached hydrogen (secondary N) is 1. The number of halogens is 2. The Morgan fingerprint density at radius 1 is 1.23 bits per heavy atom. The maximum absolute atomic E-state index is 12.2. The lowest BCUT2D eigenvalue weighted by molar-refractivity contribution is -0.137. The summed E-state index contributed by atoms with van der Waals surface area (Å²) in [4.78, 5) is 11.8. The monoisotopic (exact) mass is 482 g/mol.